The molecule has 34 heavy (non-hydrogen) atoms. The molecule has 1 atom stereocenters. The Hall–Kier alpha value is -3.82. The molecule has 0 radical (unpaired) electrons. The molecule has 0 aromatic heterocycles. The molecule has 0 fully saturated rings. The average molecular weight is 467 g/mol. The first-order valence-electron chi connectivity index (χ1n) is 11.1. The van der Waals surface area contributed by atoms with Gasteiger partial charge in [-0.15, -0.1) is 0 Å². The smallest absolute Gasteiger partial charge is 0.196 e. The van der Waals surface area contributed by atoms with E-state index in [1.165, 1.54) is 0 Å². The maximum Gasteiger partial charge on any atom is 0.196 e. The predicted octanol–water partition coefficient (Wildman–Crippen LogP) is 7.63. The van der Waals surface area contributed by atoms with Gasteiger partial charge in [-0.1, -0.05) is 72.3 Å². The summed E-state index contributed by atoms with van der Waals surface area (Å²) >= 11 is 6.09. The molecule has 0 aliphatic carbocycles. The molecular formula is C30H23ClO3. The minimum Gasteiger partial charge on any atom is -0.489 e. The summed E-state index contributed by atoms with van der Waals surface area (Å²) in [5, 5.41) is 0.638. The Kier molecular flexibility index (Phi) is 6.20. The molecular weight excluding hydrogens is 444 g/mol. The second-order valence-electron chi connectivity index (χ2n) is 8.32. The number of benzene rings is 4. The number of ether oxygens (including phenoxy) is 2. The number of hydrogen-bond acceptors (Lipinski definition) is 3. The molecule has 4 aromatic rings. The standard InChI is InChI=1S/C30H23ClO3/c1-20-7-16-26-28(17-20)34-30(23-10-12-24(31)13-11-23)27(29(26)32)18-21-8-14-25(15-9-21)33-19-22-5-3-2-4-6-22/h2-18,30H,19H2,1H3/b27-18-. The van der Waals surface area contributed by atoms with Gasteiger partial charge in [0.1, 0.15) is 18.1 Å². The molecule has 3 nitrogen and oxygen atoms in total. The van der Waals surface area contributed by atoms with Gasteiger partial charge in [0.05, 0.1) is 5.56 Å². The first-order valence-corrected chi connectivity index (χ1v) is 11.5. The van der Waals surface area contributed by atoms with E-state index in [9.17, 15) is 4.79 Å². The molecule has 0 spiro atoms. The number of carbonyl (C=O) groups is 1. The fourth-order valence-electron chi connectivity index (χ4n) is 3.99. The second kappa shape index (κ2) is 9.58. The minimum atomic E-state index is -0.520. The van der Waals surface area contributed by atoms with Crippen LogP contribution in [0.4, 0.5) is 0 Å². The molecule has 0 saturated carbocycles. The third-order valence-electron chi connectivity index (χ3n) is 5.79. The first kappa shape index (κ1) is 22.0. The summed E-state index contributed by atoms with van der Waals surface area (Å²) < 4.78 is 12.2. The number of halogens is 1. The summed E-state index contributed by atoms with van der Waals surface area (Å²) in [6.45, 7) is 2.49. The molecule has 4 aromatic carbocycles. The van der Waals surface area contributed by atoms with Crippen LogP contribution in [-0.2, 0) is 6.61 Å². The van der Waals surface area contributed by atoms with Crippen molar-refractivity contribution in [1.29, 1.82) is 0 Å². The van der Waals surface area contributed by atoms with Crippen molar-refractivity contribution in [3.05, 3.63) is 135 Å². The molecule has 168 valence electrons. The first-order chi connectivity index (χ1) is 16.6. The van der Waals surface area contributed by atoms with Crippen molar-refractivity contribution in [2.45, 2.75) is 19.6 Å². The molecule has 1 heterocycles. The zero-order valence-corrected chi connectivity index (χ0v) is 19.5. The fourth-order valence-corrected chi connectivity index (χ4v) is 4.11. The van der Waals surface area contributed by atoms with Crippen molar-refractivity contribution < 1.29 is 14.3 Å². The number of Topliss-reactive ketones (excluding diaryl/α,β-unsaturated/α-hetero) is 1. The van der Waals surface area contributed by atoms with Gasteiger partial charge in [0.2, 0.25) is 0 Å². The van der Waals surface area contributed by atoms with E-state index in [0.29, 0.717) is 28.5 Å². The van der Waals surface area contributed by atoms with Gasteiger partial charge >= 0.3 is 0 Å². The SMILES string of the molecule is Cc1ccc2c(c1)OC(c1ccc(Cl)cc1)/C(=C\c1ccc(OCc3ccccc3)cc1)C2=O. The largest absolute Gasteiger partial charge is 0.489 e. The van der Waals surface area contributed by atoms with Gasteiger partial charge in [-0.25, -0.2) is 0 Å². The van der Waals surface area contributed by atoms with Crippen molar-refractivity contribution >= 4 is 23.5 Å². The maximum absolute atomic E-state index is 13.5. The Morgan fingerprint density at radius 1 is 0.912 bits per heavy atom. The highest BCUT2D eigenvalue weighted by molar-refractivity contribution is 6.30. The van der Waals surface area contributed by atoms with Crippen LogP contribution in [0.15, 0.2) is 103 Å². The molecule has 0 amide bonds. The number of carbonyl (C=O) groups excluding carboxylic acids is 1. The van der Waals surface area contributed by atoms with E-state index < -0.39 is 6.10 Å². The van der Waals surface area contributed by atoms with Crippen LogP contribution in [-0.4, -0.2) is 5.78 Å². The van der Waals surface area contributed by atoms with Crippen LogP contribution in [0.5, 0.6) is 11.5 Å². The molecule has 5 rings (SSSR count). The van der Waals surface area contributed by atoms with Crippen LogP contribution in [0.2, 0.25) is 5.02 Å². The van der Waals surface area contributed by atoms with Gasteiger partial charge in [-0.2, -0.15) is 0 Å². The van der Waals surface area contributed by atoms with Crippen molar-refractivity contribution in [3.63, 3.8) is 0 Å². The summed E-state index contributed by atoms with van der Waals surface area (Å²) in [7, 11) is 0. The summed E-state index contributed by atoms with van der Waals surface area (Å²) in [5.74, 6) is 1.34. The number of rotatable bonds is 5. The Morgan fingerprint density at radius 3 is 2.38 bits per heavy atom. The van der Waals surface area contributed by atoms with E-state index in [1.54, 1.807) is 0 Å². The van der Waals surface area contributed by atoms with E-state index in [-0.39, 0.29) is 5.78 Å². The quantitative estimate of drug-likeness (QED) is 0.284. The van der Waals surface area contributed by atoms with Gasteiger partial charge in [-0.05, 0) is 71.7 Å². The lowest BCUT2D eigenvalue weighted by atomic mass is 9.89. The van der Waals surface area contributed by atoms with Crippen LogP contribution in [0, 0.1) is 6.92 Å². The number of ketones is 1. The van der Waals surface area contributed by atoms with E-state index in [0.717, 1.165) is 28.0 Å². The van der Waals surface area contributed by atoms with E-state index >= 15 is 0 Å². The zero-order valence-electron chi connectivity index (χ0n) is 18.7. The van der Waals surface area contributed by atoms with Gasteiger partial charge in [-0.3, -0.25) is 4.79 Å². The number of hydrogen-bond donors (Lipinski definition) is 0. The van der Waals surface area contributed by atoms with Crippen LogP contribution in [0.3, 0.4) is 0 Å². The monoisotopic (exact) mass is 466 g/mol. The third kappa shape index (κ3) is 4.75. The van der Waals surface area contributed by atoms with Crippen molar-refractivity contribution in [3.8, 4) is 11.5 Å². The third-order valence-corrected chi connectivity index (χ3v) is 6.05. The van der Waals surface area contributed by atoms with E-state index in [2.05, 4.69) is 0 Å². The topological polar surface area (TPSA) is 35.5 Å². The van der Waals surface area contributed by atoms with Crippen LogP contribution >= 0.6 is 11.6 Å². The molecule has 0 bridgehead atoms. The molecule has 4 heteroatoms. The summed E-state index contributed by atoms with van der Waals surface area (Å²) in [4.78, 5) is 13.5. The van der Waals surface area contributed by atoms with Crippen LogP contribution in [0.25, 0.3) is 6.08 Å². The highest BCUT2D eigenvalue weighted by Gasteiger charge is 2.33. The predicted molar refractivity (Wildman–Crippen MR) is 136 cm³/mol. The van der Waals surface area contributed by atoms with Crippen LogP contribution in [0.1, 0.15) is 38.7 Å². The van der Waals surface area contributed by atoms with Crippen molar-refractivity contribution in [2.75, 3.05) is 0 Å². The summed E-state index contributed by atoms with van der Waals surface area (Å²) in [6, 6.07) is 30.9. The lowest BCUT2D eigenvalue weighted by molar-refractivity contribution is 0.0963. The van der Waals surface area contributed by atoms with Gasteiger partial charge < -0.3 is 9.47 Å². The maximum atomic E-state index is 13.5. The van der Waals surface area contributed by atoms with Gasteiger partial charge in [0, 0.05) is 10.6 Å². The van der Waals surface area contributed by atoms with Crippen LogP contribution < -0.4 is 9.47 Å². The average Bonchev–Trinajstić information content (AvgIpc) is 2.86. The van der Waals surface area contributed by atoms with E-state index in [4.69, 9.17) is 21.1 Å². The zero-order chi connectivity index (χ0) is 23.5. The summed E-state index contributed by atoms with van der Waals surface area (Å²) in [6.07, 6.45) is 1.37. The normalized spacial score (nSPS) is 16.1. The highest BCUT2D eigenvalue weighted by Crippen LogP contribution is 2.40. The molecule has 1 unspecified atom stereocenters. The summed E-state index contributed by atoms with van der Waals surface area (Å²) in [5.41, 5.74) is 5.08. The Morgan fingerprint density at radius 2 is 1.65 bits per heavy atom. The second-order valence-corrected chi connectivity index (χ2v) is 8.76. The highest BCUT2D eigenvalue weighted by atomic mass is 35.5. The Labute approximate surface area is 204 Å². The lowest BCUT2D eigenvalue weighted by Crippen LogP contribution is -2.23. The molecule has 0 saturated heterocycles. The molecule has 0 N–H and O–H groups in total. The number of aryl methyl sites for hydroxylation is 1. The van der Waals surface area contributed by atoms with Crippen molar-refractivity contribution in [1.82, 2.24) is 0 Å². The van der Waals surface area contributed by atoms with E-state index in [1.807, 2.05) is 110 Å². The Bertz CT molecular complexity index is 1340. The van der Waals surface area contributed by atoms with Gasteiger partial charge in [0.25, 0.3) is 0 Å². The number of fused-ring (bicyclic) bond motifs is 1. The fraction of sp³-hybridized carbons (Fsp3) is 0.100. The van der Waals surface area contributed by atoms with Crippen molar-refractivity contribution in [2.24, 2.45) is 0 Å². The molecule has 1 aliphatic heterocycles. The van der Waals surface area contributed by atoms with Gasteiger partial charge in [0.15, 0.2) is 11.9 Å². The Balaban J connectivity index is 1.45. The lowest BCUT2D eigenvalue weighted by Gasteiger charge is -2.28. The minimum absolute atomic E-state index is 0.0365. The molecule has 1 aliphatic rings.